The van der Waals surface area contributed by atoms with Gasteiger partial charge in [0.25, 0.3) is 0 Å². The van der Waals surface area contributed by atoms with Crippen molar-refractivity contribution < 1.29 is 20.4 Å². The number of rotatable bonds is 0. The summed E-state index contributed by atoms with van der Waals surface area (Å²) in [5, 5.41) is 43.3. The summed E-state index contributed by atoms with van der Waals surface area (Å²) in [7, 11) is 0. The summed E-state index contributed by atoms with van der Waals surface area (Å²) in [5.41, 5.74) is -3.20. The van der Waals surface area contributed by atoms with Gasteiger partial charge in [0, 0.05) is 12.8 Å². The molecule has 7 aliphatic carbocycles. The monoisotopic (exact) mass is 252 g/mol. The maximum absolute atomic E-state index is 11.0. The minimum absolute atomic E-state index is 0.0168. The smallest absolute Gasteiger partial charge is 0.0740 e. The predicted octanol–water partition coefficient (Wildman–Crippen LogP) is -0.216. The first kappa shape index (κ1) is 10.6. The first-order valence-corrected chi connectivity index (χ1v) is 7.18. The first-order chi connectivity index (χ1) is 8.28. The summed E-state index contributed by atoms with van der Waals surface area (Å²) in [6, 6.07) is 0. The van der Waals surface area contributed by atoms with Crippen LogP contribution in [-0.4, -0.2) is 42.8 Å². The lowest BCUT2D eigenvalue weighted by atomic mass is 9.31. The van der Waals surface area contributed by atoms with E-state index in [4.69, 9.17) is 0 Å². The molecule has 100 valence electrons. The van der Waals surface area contributed by atoms with Crippen molar-refractivity contribution >= 4 is 0 Å². The van der Waals surface area contributed by atoms with Gasteiger partial charge in [-0.25, -0.2) is 0 Å². The average molecular weight is 252 g/mol. The highest BCUT2D eigenvalue weighted by atomic mass is 16.3. The Morgan fingerprint density at radius 1 is 0.556 bits per heavy atom. The first-order valence-electron chi connectivity index (χ1n) is 7.18. The van der Waals surface area contributed by atoms with Gasteiger partial charge in [-0.05, 0) is 49.4 Å². The van der Waals surface area contributed by atoms with Crippen LogP contribution in [-0.2, 0) is 0 Å². The van der Waals surface area contributed by atoms with Crippen molar-refractivity contribution in [2.75, 3.05) is 0 Å². The molecule has 7 saturated carbocycles. The van der Waals surface area contributed by atoms with Gasteiger partial charge in [0.1, 0.15) is 0 Å². The zero-order valence-corrected chi connectivity index (χ0v) is 10.3. The summed E-state index contributed by atoms with van der Waals surface area (Å²) in [6.45, 7) is 0. The molecule has 0 radical (unpaired) electrons. The highest BCUT2D eigenvalue weighted by Crippen LogP contribution is 2.75. The predicted molar refractivity (Wildman–Crippen MR) is 61.5 cm³/mol. The Morgan fingerprint density at radius 3 is 1.11 bits per heavy atom. The molecule has 4 nitrogen and oxygen atoms in total. The molecule has 0 aromatic rings. The average Bonchev–Trinajstić information content (AvgIpc) is 2.23. The minimum Gasteiger partial charge on any atom is -0.390 e. The molecule has 4 N–H and O–H groups in total. The van der Waals surface area contributed by atoms with Gasteiger partial charge in [0.2, 0.25) is 0 Å². The Labute approximate surface area is 106 Å². The van der Waals surface area contributed by atoms with Crippen LogP contribution in [0.5, 0.6) is 0 Å². The molecule has 8 bridgehead atoms. The van der Waals surface area contributed by atoms with Crippen LogP contribution in [0, 0.1) is 23.7 Å². The molecule has 4 atom stereocenters. The van der Waals surface area contributed by atoms with E-state index in [1.165, 1.54) is 0 Å². The third-order valence-electron chi connectivity index (χ3n) is 7.16. The molecule has 0 aromatic carbocycles. The van der Waals surface area contributed by atoms with Gasteiger partial charge in [0.05, 0.1) is 22.4 Å². The Morgan fingerprint density at radius 2 is 0.833 bits per heavy atom. The third kappa shape index (κ3) is 0.856. The van der Waals surface area contributed by atoms with E-state index in [0.717, 1.165) is 0 Å². The van der Waals surface area contributed by atoms with E-state index >= 15 is 0 Å². The highest BCUT2D eigenvalue weighted by molar-refractivity contribution is 5.30. The van der Waals surface area contributed by atoms with Gasteiger partial charge < -0.3 is 20.4 Å². The minimum atomic E-state index is -0.834. The second-order valence-electron chi connectivity index (χ2n) is 8.03. The molecule has 7 aliphatic rings. The molecule has 0 heterocycles. The molecule has 0 saturated heterocycles. The SMILES string of the molecule is OC12CC3C4CC5(O)CC(C(C1)C3(O)C5)C4(O)C2. The summed E-state index contributed by atoms with van der Waals surface area (Å²) < 4.78 is 0. The standard InChI is InChI=1S/C14H20O4/c15-11-1-7-8-3-12(16)4-10(14(8,18)5-11)9(2-11)13(7,17)6-12/h7-10,15-18H,1-6H2. The summed E-state index contributed by atoms with van der Waals surface area (Å²) in [5.74, 6) is -0.0673. The van der Waals surface area contributed by atoms with E-state index in [1.807, 2.05) is 0 Å². The lowest BCUT2D eigenvalue weighted by molar-refractivity contribution is -0.389. The zero-order chi connectivity index (χ0) is 12.6. The van der Waals surface area contributed by atoms with E-state index in [-0.39, 0.29) is 23.7 Å². The molecule has 7 fully saturated rings. The number of hydrogen-bond donors (Lipinski definition) is 4. The molecule has 0 aliphatic heterocycles. The van der Waals surface area contributed by atoms with Crippen LogP contribution in [0.15, 0.2) is 0 Å². The van der Waals surface area contributed by atoms with Crippen molar-refractivity contribution in [1.29, 1.82) is 0 Å². The molecule has 0 aromatic heterocycles. The van der Waals surface area contributed by atoms with Crippen LogP contribution in [0.3, 0.4) is 0 Å². The Bertz CT molecular complexity index is 393. The normalized spacial score (nSPS) is 75.3. The molecular formula is C14H20O4. The molecule has 0 spiro atoms. The van der Waals surface area contributed by atoms with Gasteiger partial charge in [-0.2, -0.15) is 0 Å². The summed E-state index contributed by atoms with van der Waals surface area (Å²) >= 11 is 0. The van der Waals surface area contributed by atoms with Crippen molar-refractivity contribution in [3.8, 4) is 0 Å². The van der Waals surface area contributed by atoms with Crippen molar-refractivity contribution in [3.05, 3.63) is 0 Å². The lowest BCUT2D eigenvalue weighted by Gasteiger charge is -2.78. The maximum atomic E-state index is 11.0. The van der Waals surface area contributed by atoms with Gasteiger partial charge in [-0.15, -0.1) is 0 Å². The Hall–Kier alpha value is -0.160. The fraction of sp³-hybridized carbons (Fsp3) is 1.00. The summed E-state index contributed by atoms with van der Waals surface area (Å²) in [6.07, 6.45) is 3.33. The second kappa shape index (κ2) is 2.41. The second-order valence-corrected chi connectivity index (χ2v) is 8.03. The van der Waals surface area contributed by atoms with Crippen LogP contribution in [0.2, 0.25) is 0 Å². The fourth-order valence-corrected chi connectivity index (χ4v) is 6.89. The van der Waals surface area contributed by atoms with E-state index in [0.29, 0.717) is 38.5 Å². The molecule has 7 rings (SSSR count). The van der Waals surface area contributed by atoms with Gasteiger partial charge in [0.15, 0.2) is 0 Å². The van der Waals surface area contributed by atoms with Crippen molar-refractivity contribution in [1.82, 2.24) is 0 Å². The van der Waals surface area contributed by atoms with E-state index in [2.05, 4.69) is 0 Å². The summed E-state index contributed by atoms with van der Waals surface area (Å²) in [4.78, 5) is 0. The van der Waals surface area contributed by atoms with Crippen molar-refractivity contribution in [2.24, 2.45) is 23.7 Å². The Kier molecular flexibility index (Phi) is 1.42. The van der Waals surface area contributed by atoms with Crippen molar-refractivity contribution in [3.63, 3.8) is 0 Å². The highest BCUT2D eigenvalue weighted by Gasteiger charge is 2.80. The number of aliphatic hydroxyl groups is 4. The molecule has 4 unspecified atom stereocenters. The molecule has 18 heavy (non-hydrogen) atoms. The van der Waals surface area contributed by atoms with E-state index in [1.54, 1.807) is 0 Å². The molecule has 4 heteroatoms. The van der Waals surface area contributed by atoms with E-state index < -0.39 is 22.4 Å². The number of hydrogen-bond acceptors (Lipinski definition) is 4. The van der Waals surface area contributed by atoms with Crippen LogP contribution in [0.25, 0.3) is 0 Å². The largest absolute Gasteiger partial charge is 0.390 e. The third-order valence-corrected chi connectivity index (χ3v) is 7.16. The lowest BCUT2D eigenvalue weighted by Crippen LogP contribution is -2.83. The molecular weight excluding hydrogens is 232 g/mol. The van der Waals surface area contributed by atoms with E-state index in [9.17, 15) is 20.4 Å². The van der Waals surface area contributed by atoms with Crippen LogP contribution >= 0.6 is 0 Å². The fourth-order valence-electron chi connectivity index (χ4n) is 6.89. The van der Waals surface area contributed by atoms with Crippen molar-refractivity contribution in [2.45, 2.75) is 60.9 Å². The van der Waals surface area contributed by atoms with Crippen LogP contribution in [0.1, 0.15) is 38.5 Å². The maximum Gasteiger partial charge on any atom is 0.0740 e. The van der Waals surface area contributed by atoms with Crippen LogP contribution < -0.4 is 0 Å². The molecule has 0 amide bonds. The van der Waals surface area contributed by atoms with Gasteiger partial charge in [-0.1, -0.05) is 0 Å². The Balaban J connectivity index is 1.76. The van der Waals surface area contributed by atoms with Crippen LogP contribution in [0.4, 0.5) is 0 Å². The zero-order valence-electron chi connectivity index (χ0n) is 10.3. The quantitative estimate of drug-likeness (QED) is 0.481. The topological polar surface area (TPSA) is 80.9 Å². The van der Waals surface area contributed by atoms with Gasteiger partial charge in [-0.3, -0.25) is 0 Å². The van der Waals surface area contributed by atoms with Gasteiger partial charge >= 0.3 is 0 Å².